The van der Waals surface area contributed by atoms with Crippen LogP contribution in [0.1, 0.15) is 24.8 Å². The highest BCUT2D eigenvalue weighted by Crippen LogP contribution is 2.23. The Kier molecular flexibility index (Phi) is 6.75. The summed E-state index contributed by atoms with van der Waals surface area (Å²) < 4.78 is 11.6. The van der Waals surface area contributed by atoms with Crippen molar-refractivity contribution in [3.63, 3.8) is 0 Å². The number of β-amino-alcohol motifs (C(OH)–C–C–N with tert-alkyl or cyclic N) is 1. The molecule has 0 spiro atoms. The van der Waals surface area contributed by atoms with Crippen LogP contribution in [0.4, 0.5) is 0 Å². The van der Waals surface area contributed by atoms with E-state index in [0.29, 0.717) is 32.7 Å². The Labute approximate surface area is 148 Å². The largest absolute Gasteiger partial charge is 0.389 e. The number of ether oxygens (including phenoxy) is 2. The van der Waals surface area contributed by atoms with Gasteiger partial charge in [0.2, 0.25) is 5.91 Å². The van der Waals surface area contributed by atoms with E-state index in [1.165, 1.54) is 0 Å². The van der Waals surface area contributed by atoms with Gasteiger partial charge >= 0.3 is 0 Å². The predicted molar refractivity (Wildman–Crippen MR) is 92.1 cm³/mol. The fourth-order valence-corrected chi connectivity index (χ4v) is 3.34. The van der Waals surface area contributed by atoms with Gasteiger partial charge in [-0.05, 0) is 37.0 Å². The van der Waals surface area contributed by atoms with E-state index in [9.17, 15) is 9.90 Å². The van der Waals surface area contributed by atoms with Crippen molar-refractivity contribution < 1.29 is 19.4 Å². The average molecular weight is 349 g/mol. The molecule has 7 nitrogen and oxygen atoms in total. The molecule has 0 radical (unpaired) electrons. The van der Waals surface area contributed by atoms with Crippen LogP contribution in [0.15, 0.2) is 24.5 Å². The number of aromatic nitrogens is 1. The first-order chi connectivity index (χ1) is 12.2. The number of fused-ring (bicyclic) bond motifs is 1. The van der Waals surface area contributed by atoms with Crippen molar-refractivity contribution >= 4 is 5.91 Å². The second kappa shape index (κ2) is 9.24. The number of hydrogen-bond acceptors (Lipinski definition) is 6. The van der Waals surface area contributed by atoms with E-state index in [0.717, 1.165) is 24.8 Å². The number of nitrogens with zero attached hydrogens (tertiary/aromatic N) is 1. The lowest BCUT2D eigenvalue weighted by molar-refractivity contribution is -0.137. The fourth-order valence-electron chi connectivity index (χ4n) is 3.34. The summed E-state index contributed by atoms with van der Waals surface area (Å²) in [5.74, 6) is 0.0210. The third-order valence-electron chi connectivity index (χ3n) is 4.72. The van der Waals surface area contributed by atoms with Crippen molar-refractivity contribution in [3.05, 3.63) is 30.1 Å². The van der Waals surface area contributed by atoms with Gasteiger partial charge < -0.3 is 25.2 Å². The SMILES string of the molecule is O=C(C[C@H]1CC[C@H]2NC[C@H](O)COC[C@@H]2O1)NCCc1ccncc1. The van der Waals surface area contributed by atoms with Crippen molar-refractivity contribution in [1.29, 1.82) is 0 Å². The van der Waals surface area contributed by atoms with Crippen LogP contribution >= 0.6 is 0 Å². The molecule has 1 amide bonds. The molecule has 2 saturated heterocycles. The number of rotatable bonds is 5. The van der Waals surface area contributed by atoms with E-state index in [1.54, 1.807) is 12.4 Å². The van der Waals surface area contributed by atoms with Crippen LogP contribution in [-0.2, 0) is 20.7 Å². The molecule has 0 aliphatic carbocycles. The Bertz CT molecular complexity index is 542. The topological polar surface area (TPSA) is 92.7 Å². The summed E-state index contributed by atoms with van der Waals surface area (Å²) >= 11 is 0. The molecule has 3 rings (SSSR count). The number of amides is 1. The van der Waals surface area contributed by atoms with Crippen molar-refractivity contribution in [2.24, 2.45) is 0 Å². The monoisotopic (exact) mass is 349 g/mol. The smallest absolute Gasteiger partial charge is 0.222 e. The van der Waals surface area contributed by atoms with E-state index in [2.05, 4.69) is 15.6 Å². The summed E-state index contributed by atoms with van der Waals surface area (Å²) in [7, 11) is 0. The maximum absolute atomic E-state index is 12.1. The quantitative estimate of drug-likeness (QED) is 0.694. The molecular formula is C18H27N3O4. The Morgan fingerprint density at radius 1 is 1.32 bits per heavy atom. The third kappa shape index (κ3) is 5.74. The number of carbonyl (C=O) groups excluding carboxylic acids is 1. The number of nitrogens with one attached hydrogen (secondary N) is 2. The van der Waals surface area contributed by atoms with Crippen molar-refractivity contribution in [2.45, 2.75) is 50.0 Å². The molecule has 0 aromatic carbocycles. The molecule has 4 atom stereocenters. The Morgan fingerprint density at radius 2 is 2.16 bits per heavy atom. The normalized spacial score (nSPS) is 30.0. The fraction of sp³-hybridized carbons (Fsp3) is 0.667. The number of aliphatic hydroxyl groups excluding tert-OH is 1. The van der Waals surface area contributed by atoms with Gasteiger partial charge in [-0.1, -0.05) is 0 Å². The molecule has 138 valence electrons. The first-order valence-corrected chi connectivity index (χ1v) is 9.01. The summed E-state index contributed by atoms with van der Waals surface area (Å²) in [6, 6.07) is 4.09. The van der Waals surface area contributed by atoms with Crippen molar-refractivity contribution in [3.8, 4) is 0 Å². The van der Waals surface area contributed by atoms with Crippen LogP contribution in [0.3, 0.4) is 0 Å². The van der Waals surface area contributed by atoms with Gasteiger partial charge in [-0.25, -0.2) is 0 Å². The van der Waals surface area contributed by atoms with Gasteiger partial charge in [-0.15, -0.1) is 0 Å². The molecule has 3 heterocycles. The zero-order valence-corrected chi connectivity index (χ0v) is 14.4. The lowest BCUT2D eigenvalue weighted by atomic mass is 9.96. The van der Waals surface area contributed by atoms with E-state index in [1.807, 2.05) is 12.1 Å². The average Bonchev–Trinajstić information content (AvgIpc) is 2.60. The predicted octanol–water partition coefficient (Wildman–Crippen LogP) is 0.0273. The van der Waals surface area contributed by atoms with Gasteiger partial charge in [0.15, 0.2) is 0 Å². The molecule has 1 aromatic heterocycles. The van der Waals surface area contributed by atoms with Crippen LogP contribution in [0.25, 0.3) is 0 Å². The number of aliphatic hydroxyl groups is 1. The van der Waals surface area contributed by atoms with Gasteiger partial charge in [0, 0.05) is 31.5 Å². The molecule has 0 saturated carbocycles. The molecule has 2 fully saturated rings. The Balaban J connectivity index is 1.39. The summed E-state index contributed by atoms with van der Waals surface area (Å²) in [5.41, 5.74) is 1.16. The van der Waals surface area contributed by atoms with Gasteiger partial charge in [-0.2, -0.15) is 0 Å². The third-order valence-corrected chi connectivity index (χ3v) is 4.72. The van der Waals surface area contributed by atoms with Crippen molar-refractivity contribution in [2.75, 3.05) is 26.3 Å². The van der Waals surface area contributed by atoms with Crippen LogP contribution in [0.2, 0.25) is 0 Å². The van der Waals surface area contributed by atoms with E-state index in [-0.39, 0.29) is 24.2 Å². The number of carbonyl (C=O) groups is 1. The molecule has 2 aliphatic heterocycles. The lowest BCUT2D eigenvalue weighted by Gasteiger charge is -2.38. The highest BCUT2D eigenvalue weighted by Gasteiger charge is 2.33. The van der Waals surface area contributed by atoms with Gasteiger partial charge in [0.1, 0.15) is 0 Å². The zero-order chi connectivity index (χ0) is 17.5. The first-order valence-electron chi connectivity index (χ1n) is 9.01. The minimum atomic E-state index is -0.468. The maximum Gasteiger partial charge on any atom is 0.222 e. The lowest BCUT2D eigenvalue weighted by Crippen LogP contribution is -2.53. The number of pyridine rings is 1. The molecule has 25 heavy (non-hydrogen) atoms. The van der Waals surface area contributed by atoms with E-state index >= 15 is 0 Å². The Morgan fingerprint density at radius 3 is 3.00 bits per heavy atom. The van der Waals surface area contributed by atoms with Crippen LogP contribution < -0.4 is 10.6 Å². The van der Waals surface area contributed by atoms with Crippen LogP contribution in [0.5, 0.6) is 0 Å². The maximum atomic E-state index is 12.1. The molecule has 3 N–H and O–H groups in total. The summed E-state index contributed by atoms with van der Waals surface area (Å²) in [6.07, 6.45) is 5.85. The summed E-state index contributed by atoms with van der Waals surface area (Å²) in [4.78, 5) is 16.1. The van der Waals surface area contributed by atoms with Gasteiger partial charge in [-0.3, -0.25) is 9.78 Å². The molecule has 7 heteroatoms. The number of hydrogen-bond donors (Lipinski definition) is 3. The molecular weight excluding hydrogens is 322 g/mol. The van der Waals surface area contributed by atoms with Gasteiger partial charge in [0.25, 0.3) is 0 Å². The minimum Gasteiger partial charge on any atom is -0.389 e. The second-order valence-electron chi connectivity index (χ2n) is 6.74. The zero-order valence-electron chi connectivity index (χ0n) is 14.4. The minimum absolute atomic E-state index is 0.0210. The first kappa shape index (κ1) is 18.3. The van der Waals surface area contributed by atoms with Crippen molar-refractivity contribution in [1.82, 2.24) is 15.6 Å². The van der Waals surface area contributed by atoms with Gasteiger partial charge in [0.05, 0.1) is 37.9 Å². The highest BCUT2D eigenvalue weighted by atomic mass is 16.5. The van der Waals surface area contributed by atoms with Crippen LogP contribution in [-0.4, -0.2) is 66.7 Å². The van der Waals surface area contributed by atoms with E-state index < -0.39 is 6.10 Å². The molecule has 0 unspecified atom stereocenters. The summed E-state index contributed by atoms with van der Waals surface area (Å²) in [5, 5.41) is 16.0. The highest BCUT2D eigenvalue weighted by molar-refractivity contribution is 5.76. The second-order valence-corrected chi connectivity index (χ2v) is 6.74. The molecule has 1 aromatic rings. The Hall–Kier alpha value is -1.54. The molecule has 0 bridgehead atoms. The molecule has 2 aliphatic rings. The van der Waals surface area contributed by atoms with Crippen LogP contribution in [0, 0.1) is 0 Å². The summed E-state index contributed by atoms with van der Waals surface area (Å²) in [6.45, 7) is 1.91. The standard InChI is InChI=1S/C18H27N3O4/c22-14-10-21-16-2-1-15(25-17(16)12-24-11-14)9-18(23)20-8-5-13-3-6-19-7-4-13/h3-4,6-7,14-17,21-22H,1-2,5,8-12H2,(H,20,23)/t14-,15+,16+,17-/m0/s1. The van der Waals surface area contributed by atoms with E-state index in [4.69, 9.17) is 9.47 Å².